The largest absolute Gasteiger partial charge is 0.384 e. The van der Waals surface area contributed by atoms with Gasteiger partial charge in [0, 0.05) is 40.3 Å². The van der Waals surface area contributed by atoms with Gasteiger partial charge < -0.3 is 5.73 Å². The number of nitrogens with zero attached hydrogens (tertiary/aromatic N) is 4. The third kappa shape index (κ3) is 4.05. The zero-order valence-electron chi connectivity index (χ0n) is 17.4. The molecule has 1 saturated heterocycles. The van der Waals surface area contributed by atoms with Crippen LogP contribution in [-0.2, 0) is 24.1 Å². The van der Waals surface area contributed by atoms with Gasteiger partial charge in [-0.05, 0) is 25.1 Å². The Morgan fingerprint density at radius 2 is 1.71 bits per heavy atom. The third-order valence-electron chi connectivity index (χ3n) is 5.59. The van der Waals surface area contributed by atoms with Crippen LogP contribution in [-0.4, -0.2) is 64.8 Å². The number of piperazine rings is 1. The molecule has 12 heteroatoms. The first-order chi connectivity index (χ1) is 14.5. The van der Waals surface area contributed by atoms with Gasteiger partial charge in [-0.1, -0.05) is 6.07 Å². The van der Waals surface area contributed by atoms with E-state index < -0.39 is 38.9 Å². The molecule has 0 saturated carbocycles. The molecule has 0 spiro atoms. The Kier molecular flexibility index (Phi) is 6.16. The number of carbonyl (C=O) groups is 1. The van der Waals surface area contributed by atoms with E-state index >= 15 is 0 Å². The smallest absolute Gasteiger partial charge is 0.332 e. The molecule has 1 aliphatic heterocycles. The summed E-state index contributed by atoms with van der Waals surface area (Å²) < 4.78 is 42.0. The van der Waals surface area contributed by atoms with E-state index in [0.29, 0.717) is 0 Å². The number of hydrogen-bond donors (Lipinski definition) is 1. The maximum absolute atomic E-state index is 13.4. The average molecular weight is 453 g/mol. The Balaban J connectivity index is 1.78. The van der Waals surface area contributed by atoms with Crippen LogP contribution >= 0.6 is 0 Å². The molecule has 0 aliphatic carbocycles. The first-order valence-corrected chi connectivity index (χ1v) is 11.0. The number of carbonyl (C=O) groups excluding carboxylic acids is 1. The van der Waals surface area contributed by atoms with Gasteiger partial charge in [0.2, 0.25) is 10.0 Å². The van der Waals surface area contributed by atoms with Gasteiger partial charge in [0.25, 0.3) is 5.56 Å². The monoisotopic (exact) mass is 453 g/mol. The number of ketones is 1. The molecular formula is C19H24FN5O5S. The summed E-state index contributed by atoms with van der Waals surface area (Å²) >= 11 is 0. The number of hydrogen-bond acceptors (Lipinski definition) is 7. The fraction of sp³-hybridized carbons (Fsp3) is 0.421. The van der Waals surface area contributed by atoms with Crippen LogP contribution in [0.5, 0.6) is 0 Å². The van der Waals surface area contributed by atoms with Crippen molar-refractivity contribution in [3.05, 3.63) is 56.5 Å². The van der Waals surface area contributed by atoms with Gasteiger partial charge in [-0.15, -0.1) is 0 Å². The van der Waals surface area contributed by atoms with E-state index in [4.69, 9.17) is 5.73 Å². The fourth-order valence-corrected chi connectivity index (χ4v) is 5.03. The highest BCUT2D eigenvalue weighted by Gasteiger charge is 2.34. The van der Waals surface area contributed by atoms with Crippen LogP contribution in [0, 0.1) is 5.82 Å². The molecule has 1 atom stereocenters. The average Bonchev–Trinajstić information content (AvgIpc) is 2.76. The second-order valence-electron chi connectivity index (χ2n) is 7.40. The maximum atomic E-state index is 13.4. The molecule has 0 amide bonds. The van der Waals surface area contributed by atoms with Crippen molar-refractivity contribution < 1.29 is 17.6 Å². The lowest BCUT2D eigenvalue weighted by atomic mass is 10.1. The Labute approximate surface area is 178 Å². The van der Waals surface area contributed by atoms with Gasteiger partial charge in [0.15, 0.2) is 5.78 Å². The highest BCUT2D eigenvalue weighted by atomic mass is 32.2. The molecule has 0 unspecified atom stereocenters. The molecule has 2 aromatic rings. The molecule has 3 rings (SSSR count). The molecule has 31 heavy (non-hydrogen) atoms. The summed E-state index contributed by atoms with van der Waals surface area (Å²) in [5.41, 5.74) is 4.19. The number of sulfonamides is 1. The Morgan fingerprint density at radius 3 is 2.29 bits per heavy atom. The van der Waals surface area contributed by atoms with Crippen molar-refractivity contribution in [3.63, 3.8) is 0 Å². The van der Waals surface area contributed by atoms with Crippen molar-refractivity contribution in [3.8, 4) is 0 Å². The highest BCUT2D eigenvalue weighted by molar-refractivity contribution is 7.89. The number of anilines is 1. The molecule has 10 nitrogen and oxygen atoms in total. The summed E-state index contributed by atoms with van der Waals surface area (Å²) in [6.07, 6.45) is 0. The number of aromatic nitrogens is 2. The lowest BCUT2D eigenvalue weighted by molar-refractivity contribution is 0.0780. The molecule has 2 heterocycles. The van der Waals surface area contributed by atoms with Crippen LogP contribution in [0.2, 0.25) is 0 Å². The van der Waals surface area contributed by atoms with Gasteiger partial charge in [-0.25, -0.2) is 17.6 Å². The molecule has 0 bridgehead atoms. The van der Waals surface area contributed by atoms with Gasteiger partial charge in [-0.2, -0.15) is 4.31 Å². The van der Waals surface area contributed by atoms with Crippen LogP contribution in [0.3, 0.4) is 0 Å². The molecular weight excluding hydrogens is 429 g/mol. The lowest BCUT2D eigenvalue weighted by Crippen LogP contribution is -2.54. The van der Waals surface area contributed by atoms with Gasteiger partial charge in [0.05, 0.1) is 10.9 Å². The summed E-state index contributed by atoms with van der Waals surface area (Å²) in [5, 5.41) is 0. The summed E-state index contributed by atoms with van der Waals surface area (Å²) in [6.45, 7) is 2.25. The highest BCUT2D eigenvalue weighted by Crippen LogP contribution is 2.20. The minimum absolute atomic E-state index is 0.0945. The third-order valence-corrected chi connectivity index (χ3v) is 7.49. The van der Waals surface area contributed by atoms with E-state index in [1.165, 1.54) is 36.6 Å². The van der Waals surface area contributed by atoms with Crippen molar-refractivity contribution >= 4 is 21.6 Å². The Hall–Kier alpha value is -2.83. The Bertz CT molecular complexity index is 1250. The van der Waals surface area contributed by atoms with Crippen molar-refractivity contribution in [1.82, 2.24) is 18.3 Å². The molecule has 1 fully saturated rings. The van der Waals surface area contributed by atoms with Crippen LogP contribution in [0.25, 0.3) is 0 Å². The predicted octanol–water partition coefficient (Wildman–Crippen LogP) is -0.617. The maximum Gasteiger partial charge on any atom is 0.332 e. The van der Waals surface area contributed by atoms with Crippen LogP contribution in [0.15, 0.2) is 38.8 Å². The van der Waals surface area contributed by atoms with E-state index in [2.05, 4.69) is 0 Å². The van der Waals surface area contributed by atoms with Crippen LogP contribution < -0.4 is 17.0 Å². The van der Waals surface area contributed by atoms with Crippen molar-refractivity contribution in [2.75, 3.05) is 31.9 Å². The first kappa shape index (κ1) is 22.8. The standard InChI is InChI=1S/C19H24FN5O5S/c1-12(16(26)15-17(21)22(2)19(28)23(3)18(15)27)24-7-9-25(10-8-24)31(29,30)14-6-4-5-13(20)11-14/h4-6,11-12H,7-10,21H2,1-3H3/t12-/m1/s1. The van der Waals surface area contributed by atoms with E-state index in [1.54, 1.807) is 11.8 Å². The van der Waals surface area contributed by atoms with Crippen molar-refractivity contribution in [1.29, 1.82) is 0 Å². The second kappa shape index (κ2) is 8.36. The minimum Gasteiger partial charge on any atom is -0.384 e. The molecule has 1 aromatic heterocycles. The molecule has 168 valence electrons. The summed E-state index contributed by atoms with van der Waals surface area (Å²) in [5.74, 6) is -1.40. The van der Waals surface area contributed by atoms with Crippen LogP contribution in [0.1, 0.15) is 17.3 Å². The van der Waals surface area contributed by atoms with Gasteiger partial charge >= 0.3 is 5.69 Å². The van der Waals surface area contributed by atoms with E-state index in [9.17, 15) is 27.2 Å². The van der Waals surface area contributed by atoms with Crippen molar-refractivity contribution in [2.24, 2.45) is 14.1 Å². The minimum atomic E-state index is -3.87. The van der Waals surface area contributed by atoms with E-state index in [1.807, 2.05) is 0 Å². The molecule has 1 aromatic carbocycles. The summed E-state index contributed by atoms with van der Waals surface area (Å²) in [4.78, 5) is 39.1. The number of Topliss-reactive ketones (excluding diaryl/α,β-unsaturated/α-hetero) is 1. The summed E-state index contributed by atoms with van der Waals surface area (Å²) in [7, 11) is -1.23. The van der Waals surface area contributed by atoms with Crippen LogP contribution in [0.4, 0.5) is 10.2 Å². The topological polar surface area (TPSA) is 128 Å². The first-order valence-electron chi connectivity index (χ1n) is 9.56. The lowest BCUT2D eigenvalue weighted by Gasteiger charge is -2.36. The number of benzene rings is 1. The van der Waals surface area contributed by atoms with Gasteiger partial charge in [0.1, 0.15) is 17.2 Å². The van der Waals surface area contributed by atoms with Gasteiger partial charge in [-0.3, -0.25) is 23.6 Å². The Morgan fingerprint density at radius 1 is 1.10 bits per heavy atom. The van der Waals surface area contributed by atoms with E-state index in [0.717, 1.165) is 15.2 Å². The number of halogens is 1. The zero-order valence-corrected chi connectivity index (χ0v) is 18.2. The molecule has 1 aliphatic rings. The number of nitrogen functional groups attached to an aromatic ring is 1. The molecule has 0 radical (unpaired) electrons. The zero-order chi connectivity index (χ0) is 23.1. The quantitative estimate of drug-likeness (QED) is 0.598. The SMILES string of the molecule is C[C@H](C(=O)c1c(N)n(C)c(=O)n(C)c1=O)N1CCN(S(=O)(=O)c2cccc(F)c2)CC1. The fourth-order valence-electron chi connectivity index (χ4n) is 3.57. The van der Waals surface area contributed by atoms with Crippen molar-refractivity contribution in [2.45, 2.75) is 17.9 Å². The number of nitrogens with two attached hydrogens (primary N) is 1. The second-order valence-corrected chi connectivity index (χ2v) is 9.34. The van der Waals surface area contributed by atoms with E-state index in [-0.39, 0.29) is 42.5 Å². The number of rotatable bonds is 5. The molecule has 2 N–H and O–H groups in total. The summed E-state index contributed by atoms with van der Waals surface area (Å²) in [6, 6.07) is 4.03. The normalized spacial score (nSPS) is 16.9. The predicted molar refractivity (Wildman–Crippen MR) is 112 cm³/mol.